The maximum absolute atomic E-state index is 12.6. The second-order valence-corrected chi connectivity index (χ2v) is 6.77. The van der Waals surface area contributed by atoms with Crippen LogP contribution in [0.3, 0.4) is 0 Å². The van der Waals surface area contributed by atoms with Gasteiger partial charge in [0.1, 0.15) is 5.54 Å². The maximum atomic E-state index is 12.6. The fraction of sp³-hybridized carbons (Fsp3) is 0.556. The molecule has 0 spiro atoms. The summed E-state index contributed by atoms with van der Waals surface area (Å²) in [7, 11) is 0. The standard InChI is InChI=1S/C18H27N3O3/c1-5-15(22)20-12-7-9-13(10-8-12)21-16(23)18(19)11-14(24-6-2)17(18,3)4/h7-10,14H,5-6,11,19H2,1-4H3,(H,20,22)(H,21,23). The Bertz CT molecular complexity index is 612. The van der Waals surface area contributed by atoms with Crippen LogP contribution in [0.1, 0.15) is 40.5 Å². The highest BCUT2D eigenvalue weighted by molar-refractivity contribution is 6.00. The van der Waals surface area contributed by atoms with Crippen molar-refractivity contribution in [1.29, 1.82) is 0 Å². The van der Waals surface area contributed by atoms with Crippen molar-refractivity contribution in [3.8, 4) is 0 Å². The minimum Gasteiger partial charge on any atom is -0.378 e. The third kappa shape index (κ3) is 3.30. The SMILES string of the molecule is CCOC1CC(N)(C(=O)Nc2ccc(NC(=O)CC)cc2)C1(C)C. The number of benzene rings is 1. The van der Waals surface area contributed by atoms with E-state index in [1.165, 1.54) is 0 Å². The molecule has 1 aromatic carbocycles. The molecule has 6 nitrogen and oxygen atoms in total. The zero-order valence-corrected chi connectivity index (χ0v) is 14.8. The highest BCUT2D eigenvalue weighted by atomic mass is 16.5. The molecule has 1 aromatic rings. The van der Waals surface area contributed by atoms with Gasteiger partial charge in [-0.3, -0.25) is 9.59 Å². The van der Waals surface area contributed by atoms with Crippen molar-refractivity contribution < 1.29 is 14.3 Å². The molecule has 0 bridgehead atoms. The lowest BCUT2D eigenvalue weighted by Gasteiger charge is -2.57. The van der Waals surface area contributed by atoms with E-state index in [-0.39, 0.29) is 17.9 Å². The Kier molecular flexibility index (Phi) is 5.30. The first-order valence-corrected chi connectivity index (χ1v) is 8.36. The number of rotatable bonds is 6. The summed E-state index contributed by atoms with van der Waals surface area (Å²) in [5.41, 5.74) is 6.32. The van der Waals surface area contributed by atoms with Crippen LogP contribution in [-0.2, 0) is 14.3 Å². The van der Waals surface area contributed by atoms with Crippen LogP contribution in [0.15, 0.2) is 24.3 Å². The van der Waals surface area contributed by atoms with Crippen LogP contribution in [0.5, 0.6) is 0 Å². The van der Waals surface area contributed by atoms with Gasteiger partial charge in [0.25, 0.3) is 0 Å². The quantitative estimate of drug-likeness (QED) is 0.745. The summed E-state index contributed by atoms with van der Waals surface area (Å²) >= 11 is 0. The van der Waals surface area contributed by atoms with Crippen molar-refractivity contribution in [2.24, 2.45) is 11.1 Å². The summed E-state index contributed by atoms with van der Waals surface area (Å²) in [6.07, 6.45) is 0.916. The van der Waals surface area contributed by atoms with Crippen molar-refractivity contribution in [2.75, 3.05) is 17.2 Å². The average molecular weight is 333 g/mol. The van der Waals surface area contributed by atoms with Crippen LogP contribution in [0.2, 0.25) is 0 Å². The van der Waals surface area contributed by atoms with Gasteiger partial charge in [-0.05, 0) is 31.2 Å². The first-order valence-electron chi connectivity index (χ1n) is 8.36. The number of nitrogens with two attached hydrogens (primary N) is 1. The molecule has 0 aliphatic heterocycles. The Labute approximate surface area is 143 Å². The summed E-state index contributed by atoms with van der Waals surface area (Å²) in [6.45, 7) is 8.25. The van der Waals surface area contributed by atoms with Gasteiger partial charge in [0, 0.05) is 36.2 Å². The third-order valence-electron chi connectivity index (χ3n) is 4.98. The summed E-state index contributed by atoms with van der Waals surface area (Å²) in [6, 6.07) is 7.00. The molecule has 0 saturated heterocycles. The van der Waals surface area contributed by atoms with E-state index in [1.807, 2.05) is 20.8 Å². The van der Waals surface area contributed by atoms with Crippen molar-refractivity contribution in [3.63, 3.8) is 0 Å². The third-order valence-corrected chi connectivity index (χ3v) is 4.98. The molecular weight excluding hydrogens is 306 g/mol. The number of amides is 2. The van der Waals surface area contributed by atoms with E-state index in [0.717, 1.165) is 0 Å². The number of ether oxygens (including phenoxy) is 1. The highest BCUT2D eigenvalue weighted by Crippen LogP contribution is 2.50. The first-order chi connectivity index (χ1) is 11.2. The van der Waals surface area contributed by atoms with Gasteiger partial charge in [-0.25, -0.2) is 0 Å². The molecule has 1 aliphatic carbocycles. The van der Waals surface area contributed by atoms with E-state index in [9.17, 15) is 9.59 Å². The Morgan fingerprint density at radius 1 is 1.17 bits per heavy atom. The Morgan fingerprint density at radius 3 is 2.17 bits per heavy atom. The van der Waals surface area contributed by atoms with Crippen LogP contribution < -0.4 is 16.4 Å². The Morgan fingerprint density at radius 2 is 1.71 bits per heavy atom. The van der Waals surface area contributed by atoms with Crippen LogP contribution in [0.25, 0.3) is 0 Å². The molecule has 2 rings (SSSR count). The van der Waals surface area contributed by atoms with Gasteiger partial charge in [-0.2, -0.15) is 0 Å². The predicted molar refractivity (Wildman–Crippen MR) is 94.7 cm³/mol. The molecule has 1 fully saturated rings. The zero-order chi connectivity index (χ0) is 18.0. The van der Waals surface area contributed by atoms with Crippen LogP contribution in [0, 0.1) is 5.41 Å². The van der Waals surface area contributed by atoms with Crippen molar-refractivity contribution in [3.05, 3.63) is 24.3 Å². The molecule has 6 heteroatoms. The Balaban J connectivity index is 2.01. The van der Waals surface area contributed by atoms with Gasteiger partial charge in [0.05, 0.1) is 6.10 Å². The van der Waals surface area contributed by atoms with E-state index in [0.29, 0.717) is 30.8 Å². The highest BCUT2D eigenvalue weighted by Gasteiger charge is 2.62. The van der Waals surface area contributed by atoms with Gasteiger partial charge < -0.3 is 21.1 Å². The van der Waals surface area contributed by atoms with E-state index in [2.05, 4.69) is 10.6 Å². The van der Waals surface area contributed by atoms with Gasteiger partial charge in [0.15, 0.2) is 0 Å². The fourth-order valence-electron chi connectivity index (χ4n) is 2.95. The second kappa shape index (κ2) is 6.91. The Hall–Kier alpha value is -1.92. The average Bonchev–Trinajstić information content (AvgIpc) is 2.56. The molecule has 0 heterocycles. The summed E-state index contributed by atoms with van der Waals surface area (Å²) < 4.78 is 5.65. The number of anilines is 2. The van der Waals surface area contributed by atoms with E-state index >= 15 is 0 Å². The van der Waals surface area contributed by atoms with Crippen LogP contribution in [0.4, 0.5) is 11.4 Å². The molecule has 1 saturated carbocycles. The molecule has 2 amide bonds. The number of nitrogens with one attached hydrogen (secondary N) is 2. The van der Waals surface area contributed by atoms with Crippen LogP contribution >= 0.6 is 0 Å². The second-order valence-electron chi connectivity index (χ2n) is 6.77. The van der Waals surface area contributed by atoms with Gasteiger partial charge in [0.2, 0.25) is 11.8 Å². The van der Waals surface area contributed by atoms with Gasteiger partial charge in [-0.15, -0.1) is 0 Å². The molecule has 0 aromatic heterocycles. The lowest BCUT2D eigenvalue weighted by molar-refractivity contribution is -0.166. The number of hydrogen-bond donors (Lipinski definition) is 3. The molecule has 24 heavy (non-hydrogen) atoms. The molecule has 1 aliphatic rings. The van der Waals surface area contributed by atoms with Crippen LogP contribution in [-0.4, -0.2) is 30.1 Å². The van der Waals surface area contributed by atoms with Gasteiger partial charge >= 0.3 is 0 Å². The maximum Gasteiger partial charge on any atom is 0.245 e. The summed E-state index contributed by atoms with van der Waals surface area (Å²) in [5, 5.41) is 5.63. The fourth-order valence-corrected chi connectivity index (χ4v) is 2.95. The molecule has 132 valence electrons. The summed E-state index contributed by atoms with van der Waals surface area (Å²) in [5.74, 6) is -0.264. The minimum atomic E-state index is -0.956. The largest absolute Gasteiger partial charge is 0.378 e. The molecular formula is C18H27N3O3. The van der Waals surface area contributed by atoms with E-state index in [1.54, 1.807) is 31.2 Å². The van der Waals surface area contributed by atoms with Gasteiger partial charge in [-0.1, -0.05) is 20.8 Å². The minimum absolute atomic E-state index is 0.00937. The van der Waals surface area contributed by atoms with E-state index < -0.39 is 11.0 Å². The lowest BCUT2D eigenvalue weighted by Crippen LogP contribution is -2.74. The number of carbonyl (C=O) groups excluding carboxylic acids is 2. The van der Waals surface area contributed by atoms with Crippen molar-refractivity contribution >= 4 is 23.2 Å². The first kappa shape index (κ1) is 18.4. The van der Waals surface area contributed by atoms with Crippen molar-refractivity contribution in [2.45, 2.75) is 52.2 Å². The van der Waals surface area contributed by atoms with Crippen molar-refractivity contribution in [1.82, 2.24) is 0 Å². The monoisotopic (exact) mass is 333 g/mol. The number of hydrogen-bond acceptors (Lipinski definition) is 4. The molecule has 2 atom stereocenters. The normalized spacial score (nSPS) is 24.8. The molecule has 4 N–H and O–H groups in total. The molecule has 0 radical (unpaired) electrons. The summed E-state index contributed by atoms with van der Waals surface area (Å²) in [4.78, 5) is 24.0. The lowest BCUT2D eigenvalue weighted by atomic mass is 9.54. The smallest absolute Gasteiger partial charge is 0.245 e. The van der Waals surface area contributed by atoms with E-state index in [4.69, 9.17) is 10.5 Å². The number of carbonyl (C=O) groups is 2. The molecule has 2 unspecified atom stereocenters. The zero-order valence-electron chi connectivity index (χ0n) is 14.8. The topological polar surface area (TPSA) is 93.4 Å². The predicted octanol–water partition coefficient (Wildman–Crippen LogP) is 2.51.